The monoisotopic (exact) mass is 181 g/mol. The van der Waals surface area contributed by atoms with E-state index in [2.05, 4.69) is 5.48 Å². The van der Waals surface area contributed by atoms with Gasteiger partial charge in [-0.1, -0.05) is 12.1 Å². The van der Waals surface area contributed by atoms with Gasteiger partial charge in [0.25, 0.3) is 0 Å². The first kappa shape index (κ1) is 10.0. The molecule has 0 heterocycles. The topological polar surface area (TPSA) is 41.5 Å². The van der Waals surface area contributed by atoms with Crippen molar-refractivity contribution < 1.29 is 9.94 Å². The minimum atomic E-state index is 0.0772. The molecule has 0 unspecified atom stereocenters. The second-order valence-corrected chi connectivity index (χ2v) is 3.08. The molecule has 0 amide bonds. The Kier molecular flexibility index (Phi) is 3.73. The Balaban J connectivity index is 2.58. The maximum absolute atomic E-state index is 8.62. The van der Waals surface area contributed by atoms with Gasteiger partial charge in [-0.3, -0.25) is 0 Å². The van der Waals surface area contributed by atoms with Crippen LogP contribution in [0.4, 0.5) is 0 Å². The molecule has 2 N–H and O–H groups in total. The first-order valence-electron chi connectivity index (χ1n) is 4.29. The SMILES string of the molecule is COc1ccc(C[C@@H](C)NO)cc1. The van der Waals surface area contributed by atoms with Gasteiger partial charge in [-0.2, -0.15) is 0 Å². The van der Waals surface area contributed by atoms with Gasteiger partial charge in [0.05, 0.1) is 7.11 Å². The third-order valence-corrected chi connectivity index (χ3v) is 1.92. The van der Waals surface area contributed by atoms with Crippen molar-refractivity contribution in [3.63, 3.8) is 0 Å². The van der Waals surface area contributed by atoms with Crippen LogP contribution in [0.1, 0.15) is 12.5 Å². The molecule has 0 fully saturated rings. The molecule has 0 saturated carbocycles. The highest BCUT2D eigenvalue weighted by Crippen LogP contribution is 2.12. The molecule has 1 atom stereocenters. The van der Waals surface area contributed by atoms with Crippen LogP contribution in [0.2, 0.25) is 0 Å². The second-order valence-electron chi connectivity index (χ2n) is 3.08. The van der Waals surface area contributed by atoms with Crippen LogP contribution in [0.15, 0.2) is 24.3 Å². The minimum Gasteiger partial charge on any atom is -0.497 e. The van der Waals surface area contributed by atoms with Gasteiger partial charge < -0.3 is 9.94 Å². The fourth-order valence-corrected chi connectivity index (χ4v) is 1.16. The van der Waals surface area contributed by atoms with Crippen LogP contribution in [-0.4, -0.2) is 18.4 Å². The highest BCUT2D eigenvalue weighted by Gasteiger charge is 2.00. The van der Waals surface area contributed by atoms with E-state index in [0.717, 1.165) is 12.2 Å². The lowest BCUT2D eigenvalue weighted by molar-refractivity contribution is 0.133. The van der Waals surface area contributed by atoms with Crippen molar-refractivity contribution in [3.05, 3.63) is 29.8 Å². The average Bonchev–Trinajstić information content (AvgIpc) is 2.19. The van der Waals surface area contributed by atoms with E-state index in [9.17, 15) is 0 Å². The van der Waals surface area contributed by atoms with E-state index >= 15 is 0 Å². The molecule has 0 aliphatic carbocycles. The van der Waals surface area contributed by atoms with Gasteiger partial charge in [0.1, 0.15) is 5.75 Å². The van der Waals surface area contributed by atoms with Crippen molar-refractivity contribution in [2.75, 3.05) is 7.11 Å². The molecular formula is C10H15NO2. The van der Waals surface area contributed by atoms with Gasteiger partial charge in [0, 0.05) is 6.04 Å². The van der Waals surface area contributed by atoms with Gasteiger partial charge in [-0.25, -0.2) is 5.48 Å². The first-order chi connectivity index (χ1) is 6.26. The predicted molar refractivity (Wildman–Crippen MR) is 51.1 cm³/mol. The fraction of sp³-hybridized carbons (Fsp3) is 0.400. The van der Waals surface area contributed by atoms with Crippen molar-refractivity contribution >= 4 is 0 Å². The summed E-state index contributed by atoms with van der Waals surface area (Å²) in [6.07, 6.45) is 0.806. The molecule has 0 aliphatic heterocycles. The Morgan fingerprint density at radius 1 is 1.38 bits per heavy atom. The Morgan fingerprint density at radius 3 is 2.46 bits per heavy atom. The summed E-state index contributed by atoms with van der Waals surface area (Å²) in [6, 6.07) is 7.89. The van der Waals surface area contributed by atoms with Gasteiger partial charge in [0.15, 0.2) is 0 Å². The van der Waals surface area contributed by atoms with E-state index < -0.39 is 0 Å². The normalized spacial score (nSPS) is 12.5. The summed E-state index contributed by atoms with van der Waals surface area (Å²) in [6.45, 7) is 1.92. The van der Waals surface area contributed by atoms with Crippen molar-refractivity contribution in [3.8, 4) is 5.75 Å². The van der Waals surface area contributed by atoms with Crippen LogP contribution >= 0.6 is 0 Å². The lowest BCUT2D eigenvalue weighted by Crippen LogP contribution is -2.24. The lowest BCUT2D eigenvalue weighted by atomic mass is 10.1. The summed E-state index contributed by atoms with van der Waals surface area (Å²) in [4.78, 5) is 0. The number of hydrogen-bond acceptors (Lipinski definition) is 3. The van der Waals surface area contributed by atoms with Gasteiger partial charge in [0.2, 0.25) is 0 Å². The number of rotatable bonds is 4. The summed E-state index contributed by atoms with van der Waals surface area (Å²) < 4.78 is 5.04. The van der Waals surface area contributed by atoms with Crippen LogP contribution in [-0.2, 0) is 6.42 Å². The molecule has 1 aromatic carbocycles. The van der Waals surface area contributed by atoms with Crippen LogP contribution in [0.5, 0.6) is 5.75 Å². The number of hydroxylamine groups is 1. The van der Waals surface area contributed by atoms with Crippen LogP contribution in [0.3, 0.4) is 0 Å². The fourth-order valence-electron chi connectivity index (χ4n) is 1.16. The van der Waals surface area contributed by atoms with Gasteiger partial charge in [-0.05, 0) is 31.0 Å². The molecule has 0 aliphatic rings. The number of nitrogens with one attached hydrogen (secondary N) is 1. The van der Waals surface area contributed by atoms with Gasteiger partial charge >= 0.3 is 0 Å². The highest BCUT2D eigenvalue weighted by molar-refractivity contribution is 5.27. The van der Waals surface area contributed by atoms with Crippen LogP contribution in [0.25, 0.3) is 0 Å². The van der Waals surface area contributed by atoms with Crippen LogP contribution < -0.4 is 10.2 Å². The van der Waals surface area contributed by atoms with Gasteiger partial charge in [-0.15, -0.1) is 0 Å². The zero-order valence-electron chi connectivity index (χ0n) is 7.95. The summed E-state index contributed by atoms with van der Waals surface area (Å²) in [5.41, 5.74) is 3.39. The van der Waals surface area contributed by atoms with E-state index in [1.165, 1.54) is 5.56 Å². The maximum atomic E-state index is 8.62. The largest absolute Gasteiger partial charge is 0.497 e. The minimum absolute atomic E-state index is 0.0772. The number of benzene rings is 1. The molecule has 3 nitrogen and oxygen atoms in total. The maximum Gasteiger partial charge on any atom is 0.118 e. The molecule has 0 bridgehead atoms. The molecule has 0 spiro atoms. The summed E-state index contributed by atoms with van der Waals surface area (Å²) >= 11 is 0. The zero-order chi connectivity index (χ0) is 9.68. The Labute approximate surface area is 78.3 Å². The predicted octanol–water partition coefficient (Wildman–Crippen LogP) is 1.60. The van der Waals surface area contributed by atoms with E-state index in [-0.39, 0.29) is 6.04 Å². The molecule has 0 aromatic heterocycles. The van der Waals surface area contributed by atoms with Crippen molar-refractivity contribution in [2.45, 2.75) is 19.4 Å². The average molecular weight is 181 g/mol. The van der Waals surface area contributed by atoms with E-state index in [4.69, 9.17) is 9.94 Å². The molecule has 13 heavy (non-hydrogen) atoms. The van der Waals surface area contributed by atoms with Crippen molar-refractivity contribution in [1.29, 1.82) is 0 Å². The molecule has 72 valence electrons. The molecule has 1 rings (SSSR count). The first-order valence-corrected chi connectivity index (χ1v) is 4.29. The van der Waals surface area contributed by atoms with E-state index in [0.29, 0.717) is 0 Å². The summed E-state index contributed by atoms with van der Waals surface area (Å²) in [5, 5.41) is 8.62. The lowest BCUT2D eigenvalue weighted by Gasteiger charge is -2.08. The van der Waals surface area contributed by atoms with Crippen molar-refractivity contribution in [1.82, 2.24) is 5.48 Å². The zero-order valence-corrected chi connectivity index (χ0v) is 7.95. The Morgan fingerprint density at radius 2 is 2.00 bits per heavy atom. The molecule has 0 saturated heterocycles. The smallest absolute Gasteiger partial charge is 0.118 e. The summed E-state index contributed by atoms with van der Waals surface area (Å²) in [5.74, 6) is 0.855. The third-order valence-electron chi connectivity index (χ3n) is 1.92. The van der Waals surface area contributed by atoms with E-state index in [1.807, 2.05) is 31.2 Å². The molecule has 0 radical (unpaired) electrons. The third kappa shape index (κ3) is 3.05. The molecule has 1 aromatic rings. The molecular weight excluding hydrogens is 166 g/mol. The second kappa shape index (κ2) is 4.84. The summed E-state index contributed by atoms with van der Waals surface area (Å²) in [7, 11) is 1.65. The number of ether oxygens (including phenoxy) is 1. The van der Waals surface area contributed by atoms with E-state index in [1.54, 1.807) is 7.11 Å². The quantitative estimate of drug-likeness (QED) is 0.693. The van der Waals surface area contributed by atoms with Crippen molar-refractivity contribution in [2.24, 2.45) is 0 Å². The standard InChI is InChI=1S/C10H15NO2/c1-8(11-12)7-9-3-5-10(13-2)6-4-9/h3-6,8,11-12H,7H2,1-2H3/t8-/m1/s1. The Hall–Kier alpha value is -1.06. The Bertz CT molecular complexity index is 246. The molecule has 3 heteroatoms. The number of hydrogen-bond donors (Lipinski definition) is 2. The van der Waals surface area contributed by atoms with Crippen LogP contribution in [0, 0.1) is 0 Å². The highest BCUT2D eigenvalue weighted by atomic mass is 16.5. The number of methoxy groups -OCH3 is 1.